The summed E-state index contributed by atoms with van der Waals surface area (Å²) in [6, 6.07) is 19.5. The lowest BCUT2D eigenvalue weighted by molar-refractivity contribution is -0.111. The lowest BCUT2D eigenvalue weighted by atomic mass is 10.00. The Bertz CT molecular complexity index is 1720. The lowest BCUT2D eigenvalue weighted by Gasteiger charge is -2.22. The van der Waals surface area contributed by atoms with Crippen LogP contribution in [0.4, 0.5) is 5.69 Å². The molecule has 0 unspecified atom stereocenters. The van der Waals surface area contributed by atoms with Gasteiger partial charge in [0, 0.05) is 48.0 Å². The van der Waals surface area contributed by atoms with Crippen LogP contribution in [0.5, 0.6) is 11.5 Å². The minimum Gasteiger partial charge on any atom is -0.457 e. The van der Waals surface area contributed by atoms with Crippen molar-refractivity contribution in [2.45, 2.75) is 18.9 Å². The number of amides is 1. The molecule has 1 aliphatic heterocycles. The average molecular weight is 531 g/mol. The molecule has 1 amide bonds. The summed E-state index contributed by atoms with van der Waals surface area (Å²) in [7, 11) is 0. The molecule has 1 aliphatic rings. The molecule has 1 saturated heterocycles. The van der Waals surface area contributed by atoms with Crippen LogP contribution in [-0.2, 0) is 9.53 Å². The van der Waals surface area contributed by atoms with Gasteiger partial charge in [-0.1, -0.05) is 18.7 Å². The molecule has 9 heteroatoms. The van der Waals surface area contributed by atoms with Crippen molar-refractivity contribution in [1.29, 1.82) is 5.26 Å². The number of pyridine rings is 1. The summed E-state index contributed by atoms with van der Waals surface area (Å²) in [5, 5.41) is 21.5. The lowest BCUT2D eigenvalue weighted by Crippen LogP contribution is -2.19. The first-order chi connectivity index (χ1) is 19.6. The summed E-state index contributed by atoms with van der Waals surface area (Å²) >= 11 is 0. The third-order valence-electron chi connectivity index (χ3n) is 6.94. The zero-order valence-corrected chi connectivity index (χ0v) is 21.7. The molecule has 0 spiro atoms. The van der Waals surface area contributed by atoms with Crippen molar-refractivity contribution in [3.8, 4) is 39.8 Å². The molecule has 9 nitrogen and oxygen atoms in total. The van der Waals surface area contributed by atoms with Crippen LogP contribution in [0.3, 0.4) is 0 Å². The predicted octanol–water partition coefficient (Wildman–Crippen LogP) is 6.00. The van der Waals surface area contributed by atoms with Gasteiger partial charge in [-0.15, -0.1) is 0 Å². The van der Waals surface area contributed by atoms with E-state index in [2.05, 4.69) is 40.4 Å². The van der Waals surface area contributed by atoms with Gasteiger partial charge in [-0.25, -0.2) is 4.52 Å². The van der Waals surface area contributed by atoms with Crippen molar-refractivity contribution >= 4 is 17.1 Å². The van der Waals surface area contributed by atoms with Crippen molar-refractivity contribution in [3.63, 3.8) is 0 Å². The van der Waals surface area contributed by atoms with Crippen LogP contribution >= 0.6 is 0 Å². The molecule has 198 valence electrons. The van der Waals surface area contributed by atoms with Gasteiger partial charge in [0.15, 0.2) is 0 Å². The second kappa shape index (κ2) is 10.9. The van der Waals surface area contributed by atoms with E-state index in [9.17, 15) is 10.1 Å². The van der Waals surface area contributed by atoms with Crippen LogP contribution < -0.4 is 10.1 Å². The number of rotatable bonds is 7. The number of hydrogen-bond acceptors (Lipinski definition) is 6. The fourth-order valence-corrected chi connectivity index (χ4v) is 4.86. The number of nitrogens with one attached hydrogen (secondary N) is 1. The fraction of sp³-hybridized carbons (Fsp3) is 0.161. The fourth-order valence-electron chi connectivity index (χ4n) is 4.86. The minimum absolute atomic E-state index is 0.270. The molecule has 6 rings (SSSR count). The Kier molecular flexibility index (Phi) is 6.83. The molecule has 0 atom stereocenters. The van der Waals surface area contributed by atoms with E-state index in [1.54, 1.807) is 35.0 Å². The van der Waals surface area contributed by atoms with Gasteiger partial charge in [-0.3, -0.25) is 9.48 Å². The molecule has 1 fully saturated rings. The highest BCUT2D eigenvalue weighted by Crippen LogP contribution is 2.34. The monoisotopic (exact) mass is 530 g/mol. The van der Waals surface area contributed by atoms with Crippen LogP contribution in [-0.4, -0.2) is 38.5 Å². The van der Waals surface area contributed by atoms with E-state index >= 15 is 0 Å². The van der Waals surface area contributed by atoms with Gasteiger partial charge in [0.25, 0.3) is 0 Å². The van der Waals surface area contributed by atoms with Gasteiger partial charge < -0.3 is 14.8 Å². The Balaban J connectivity index is 1.29. The van der Waals surface area contributed by atoms with Crippen LogP contribution in [0, 0.1) is 11.3 Å². The molecule has 0 radical (unpaired) electrons. The minimum atomic E-state index is -0.270. The van der Waals surface area contributed by atoms with E-state index in [4.69, 9.17) is 9.47 Å². The Labute approximate surface area is 230 Å². The molecule has 0 aliphatic carbocycles. The highest BCUT2D eigenvalue weighted by atomic mass is 16.5. The van der Waals surface area contributed by atoms with Crippen molar-refractivity contribution in [2.24, 2.45) is 0 Å². The van der Waals surface area contributed by atoms with Crippen LogP contribution in [0.2, 0.25) is 0 Å². The molecular formula is C31H26N6O3. The zero-order chi connectivity index (χ0) is 27.5. The first kappa shape index (κ1) is 25.1. The Morgan fingerprint density at radius 3 is 2.42 bits per heavy atom. The first-order valence-electron chi connectivity index (χ1n) is 13.0. The SMILES string of the molecule is C=CC(=O)Nc1ccc(Oc2ccc(-c3cc(-c4cnn(C5CCOCC5)c4)cn4ncc(C#N)c34)cc2)cc1. The Morgan fingerprint density at radius 2 is 1.73 bits per heavy atom. The number of aromatic nitrogens is 4. The van der Waals surface area contributed by atoms with Gasteiger partial charge >= 0.3 is 0 Å². The number of carbonyl (C=O) groups excluding carboxylic acids is 1. The van der Waals surface area contributed by atoms with E-state index in [0.717, 1.165) is 53.8 Å². The van der Waals surface area contributed by atoms with E-state index < -0.39 is 0 Å². The predicted molar refractivity (Wildman–Crippen MR) is 151 cm³/mol. The van der Waals surface area contributed by atoms with E-state index in [-0.39, 0.29) is 5.91 Å². The van der Waals surface area contributed by atoms with Gasteiger partial charge in [-0.2, -0.15) is 15.5 Å². The van der Waals surface area contributed by atoms with E-state index in [1.807, 2.05) is 41.3 Å². The molecule has 5 aromatic rings. The van der Waals surface area contributed by atoms with Crippen LogP contribution in [0.15, 0.2) is 92.0 Å². The number of anilines is 1. The van der Waals surface area contributed by atoms with E-state index in [1.165, 1.54) is 6.08 Å². The highest BCUT2D eigenvalue weighted by molar-refractivity contribution is 5.98. The van der Waals surface area contributed by atoms with Crippen molar-refractivity contribution in [3.05, 3.63) is 97.6 Å². The quantitative estimate of drug-likeness (QED) is 0.259. The summed E-state index contributed by atoms with van der Waals surface area (Å²) in [6.07, 6.45) is 10.6. The maximum atomic E-state index is 11.5. The van der Waals surface area contributed by atoms with Crippen LogP contribution in [0.25, 0.3) is 27.8 Å². The molecule has 0 saturated carbocycles. The average Bonchev–Trinajstić information content (AvgIpc) is 3.66. The summed E-state index contributed by atoms with van der Waals surface area (Å²) < 4.78 is 15.3. The molecule has 2 aromatic carbocycles. The summed E-state index contributed by atoms with van der Waals surface area (Å²) in [6.45, 7) is 4.95. The van der Waals surface area contributed by atoms with Crippen LogP contribution in [0.1, 0.15) is 24.4 Å². The maximum absolute atomic E-state index is 11.5. The number of nitriles is 1. The first-order valence-corrected chi connectivity index (χ1v) is 13.0. The third kappa shape index (κ3) is 5.08. The van der Waals surface area contributed by atoms with Crippen molar-refractivity contribution < 1.29 is 14.3 Å². The number of carbonyl (C=O) groups is 1. The summed E-state index contributed by atoms with van der Waals surface area (Å²) in [5.41, 5.74) is 5.66. The Hall–Kier alpha value is -5.20. The van der Waals surface area contributed by atoms with Gasteiger partial charge in [0.2, 0.25) is 5.91 Å². The topological polar surface area (TPSA) is 106 Å². The Morgan fingerprint density at radius 1 is 1.00 bits per heavy atom. The smallest absolute Gasteiger partial charge is 0.247 e. The second-order valence-corrected chi connectivity index (χ2v) is 9.50. The molecule has 1 N–H and O–H groups in total. The molecular weight excluding hydrogens is 504 g/mol. The number of nitrogens with zero attached hydrogens (tertiary/aromatic N) is 5. The molecule has 0 bridgehead atoms. The zero-order valence-electron chi connectivity index (χ0n) is 21.7. The molecule has 3 aromatic heterocycles. The maximum Gasteiger partial charge on any atom is 0.247 e. The van der Waals surface area contributed by atoms with Gasteiger partial charge in [-0.05, 0) is 66.9 Å². The second-order valence-electron chi connectivity index (χ2n) is 9.50. The highest BCUT2D eigenvalue weighted by Gasteiger charge is 2.18. The number of benzene rings is 2. The van der Waals surface area contributed by atoms with E-state index in [0.29, 0.717) is 28.8 Å². The summed E-state index contributed by atoms with van der Waals surface area (Å²) in [5.74, 6) is 1.02. The van der Waals surface area contributed by atoms with Crippen molar-refractivity contribution in [2.75, 3.05) is 18.5 Å². The van der Waals surface area contributed by atoms with Crippen molar-refractivity contribution in [1.82, 2.24) is 19.4 Å². The standard InChI is InChI=1S/C31H26N6O3/c1-2-30(38)35-25-5-9-28(10-6-25)40-27-7-3-21(4-8-27)29-15-22(19-37-31(29)23(16-32)17-34-37)24-18-33-36(20-24)26-11-13-39-14-12-26/h2-10,15,17-20,26H,1,11-14H2,(H,35,38). The number of fused-ring (bicyclic) bond motifs is 1. The third-order valence-corrected chi connectivity index (χ3v) is 6.94. The number of hydrogen-bond donors (Lipinski definition) is 1. The normalized spacial score (nSPS) is 13.6. The molecule has 40 heavy (non-hydrogen) atoms. The largest absolute Gasteiger partial charge is 0.457 e. The van der Waals surface area contributed by atoms with Gasteiger partial charge in [0.05, 0.1) is 29.5 Å². The van der Waals surface area contributed by atoms with Gasteiger partial charge in [0.1, 0.15) is 17.6 Å². The number of ether oxygens (including phenoxy) is 2. The molecule has 4 heterocycles. The summed E-state index contributed by atoms with van der Waals surface area (Å²) in [4.78, 5) is 11.5.